The molecule has 5 rings (SSSR count). The van der Waals surface area contributed by atoms with Gasteiger partial charge in [-0.05, 0) is 72.9 Å². The van der Waals surface area contributed by atoms with E-state index in [4.69, 9.17) is 11.6 Å². The Hall–Kier alpha value is -3.30. The number of fused-ring (bicyclic) bond motifs is 1. The number of carbonyl (C=O) groups is 2. The molecule has 0 saturated carbocycles. The largest absolute Gasteiger partial charge is 0.430 e. The van der Waals surface area contributed by atoms with Crippen molar-refractivity contribution in [3.63, 3.8) is 0 Å². The maximum absolute atomic E-state index is 14.4. The first kappa shape index (κ1) is 31.1. The SMILES string of the molecule is CN(C)C(=O)c1ccc(N2CCC(CC3CCN(C(=O)C(O)(c4cccc5ccccc45)C(F)(F)F)CC3)CC2)cc1Cl. The van der Waals surface area contributed by atoms with E-state index in [9.17, 15) is 27.9 Å². The van der Waals surface area contributed by atoms with E-state index in [-0.39, 0.29) is 24.4 Å². The third kappa shape index (κ3) is 6.20. The number of aliphatic hydroxyl groups is 1. The molecule has 0 bridgehead atoms. The molecule has 2 amide bonds. The van der Waals surface area contributed by atoms with Gasteiger partial charge in [0.05, 0.1) is 10.6 Å². The zero-order valence-electron chi connectivity index (χ0n) is 24.4. The molecule has 2 heterocycles. The van der Waals surface area contributed by atoms with Crippen LogP contribution in [0.15, 0.2) is 60.7 Å². The van der Waals surface area contributed by atoms with Gasteiger partial charge < -0.3 is 19.8 Å². The summed E-state index contributed by atoms with van der Waals surface area (Å²) in [6.07, 6.45) is -1.06. The van der Waals surface area contributed by atoms with E-state index in [0.29, 0.717) is 40.6 Å². The van der Waals surface area contributed by atoms with Crippen LogP contribution in [0.4, 0.5) is 18.9 Å². The molecule has 3 aromatic carbocycles. The minimum absolute atomic E-state index is 0.139. The van der Waals surface area contributed by atoms with Gasteiger partial charge >= 0.3 is 6.18 Å². The van der Waals surface area contributed by atoms with Crippen LogP contribution in [-0.2, 0) is 10.4 Å². The van der Waals surface area contributed by atoms with Crippen LogP contribution in [0.25, 0.3) is 10.8 Å². The van der Waals surface area contributed by atoms with Crippen LogP contribution < -0.4 is 4.90 Å². The molecule has 230 valence electrons. The highest BCUT2D eigenvalue weighted by molar-refractivity contribution is 6.34. The third-order valence-corrected chi connectivity index (χ3v) is 9.35. The minimum atomic E-state index is -5.18. The molecule has 0 spiro atoms. The average molecular weight is 616 g/mol. The highest BCUT2D eigenvalue weighted by Crippen LogP contribution is 2.44. The Balaban J connectivity index is 1.18. The van der Waals surface area contributed by atoms with Gasteiger partial charge in [0.2, 0.25) is 0 Å². The lowest BCUT2D eigenvalue weighted by molar-refractivity contribution is -0.261. The number of amides is 2. The lowest BCUT2D eigenvalue weighted by Crippen LogP contribution is -2.57. The second kappa shape index (κ2) is 12.4. The van der Waals surface area contributed by atoms with Gasteiger partial charge in [0.25, 0.3) is 17.4 Å². The van der Waals surface area contributed by atoms with Crippen LogP contribution in [0.2, 0.25) is 5.02 Å². The predicted octanol–water partition coefficient (Wildman–Crippen LogP) is 6.49. The van der Waals surface area contributed by atoms with Crippen molar-refractivity contribution in [3.05, 3.63) is 76.8 Å². The van der Waals surface area contributed by atoms with Crippen molar-refractivity contribution in [1.82, 2.24) is 9.80 Å². The Bertz CT molecular complexity index is 1480. The molecule has 3 aromatic rings. The summed E-state index contributed by atoms with van der Waals surface area (Å²) in [5.41, 5.74) is -2.60. The summed E-state index contributed by atoms with van der Waals surface area (Å²) in [4.78, 5) is 30.6. The maximum atomic E-state index is 14.4. The second-order valence-corrected chi connectivity index (χ2v) is 12.4. The smallest absolute Gasteiger partial charge is 0.371 e. The van der Waals surface area contributed by atoms with Gasteiger partial charge in [-0.15, -0.1) is 0 Å². The zero-order chi connectivity index (χ0) is 30.9. The van der Waals surface area contributed by atoms with Crippen molar-refractivity contribution < 1.29 is 27.9 Å². The van der Waals surface area contributed by atoms with E-state index >= 15 is 0 Å². The number of likely N-dealkylation sites (tertiary alicyclic amines) is 1. The van der Waals surface area contributed by atoms with Crippen LogP contribution in [-0.4, -0.2) is 73.2 Å². The normalized spacial score (nSPS) is 18.5. The minimum Gasteiger partial charge on any atom is -0.371 e. The number of anilines is 1. The van der Waals surface area contributed by atoms with E-state index in [2.05, 4.69) is 4.90 Å². The molecule has 2 aliphatic rings. The van der Waals surface area contributed by atoms with Gasteiger partial charge in [-0.1, -0.05) is 54.1 Å². The number of alkyl halides is 3. The molecule has 2 fully saturated rings. The summed E-state index contributed by atoms with van der Waals surface area (Å²) < 4.78 is 43.3. The monoisotopic (exact) mass is 615 g/mol. The summed E-state index contributed by atoms with van der Waals surface area (Å²) >= 11 is 6.41. The maximum Gasteiger partial charge on any atom is 0.430 e. The Morgan fingerprint density at radius 2 is 1.51 bits per heavy atom. The van der Waals surface area contributed by atoms with Crippen LogP contribution in [0.5, 0.6) is 0 Å². The molecule has 6 nitrogen and oxygen atoms in total. The number of carbonyl (C=O) groups excluding carboxylic acids is 2. The molecule has 43 heavy (non-hydrogen) atoms. The van der Waals surface area contributed by atoms with Gasteiger partial charge in [0.1, 0.15) is 0 Å². The lowest BCUT2D eigenvalue weighted by atomic mass is 9.82. The van der Waals surface area contributed by atoms with E-state index < -0.39 is 23.2 Å². The van der Waals surface area contributed by atoms with Gasteiger partial charge in [0.15, 0.2) is 0 Å². The van der Waals surface area contributed by atoms with Crippen molar-refractivity contribution in [3.8, 4) is 0 Å². The lowest BCUT2D eigenvalue weighted by Gasteiger charge is -2.40. The molecular weight excluding hydrogens is 579 g/mol. The molecule has 2 saturated heterocycles. The number of halogens is 4. The van der Waals surface area contributed by atoms with Gasteiger partial charge in [-0.3, -0.25) is 9.59 Å². The molecular formula is C33H37ClF3N3O3. The molecule has 1 atom stereocenters. The standard InChI is InChI=1S/C33H37ClF3N3O3/c1-38(2)30(41)27-11-10-25(21-29(27)34)39-16-12-22(13-17-39)20-23-14-18-40(19-15-23)31(42)32(43,33(35,36)37)28-9-5-7-24-6-3-4-8-26(24)28/h3-11,21-23,43H,12-20H2,1-2H3. The number of hydrogen-bond donors (Lipinski definition) is 1. The highest BCUT2D eigenvalue weighted by atomic mass is 35.5. The third-order valence-electron chi connectivity index (χ3n) is 9.04. The number of benzene rings is 3. The fourth-order valence-corrected chi connectivity index (χ4v) is 6.80. The molecule has 1 N–H and O–H groups in total. The first-order chi connectivity index (χ1) is 20.4. The highest BCUT2D eigenvalue weighted by Gasteiger charge is 2.62. The summed E-state index contributed by atoms with van der Waals surface area (Å²) in [6, 6.07) is 16.3. The Morgan fingerprint density at radius 1 is 0.907 bits per heavy atom. The Kier molecular flexibility index (Phi) is 8.95. The van der Waals surface area contributed by atoms with E-state index in [1.54, 1.807) is 44.4 Å². The average Bonchev–Trinajstić information content (AvgIpc) is 3.00. The predicted molar refractivity (Wildman–Crippen MR) is 162 cm³/mol. The first-order valence-corrected chi connectivity index (χ1v) is 15.1. The fraction of sp³-hybridized carbons (Fsp3) is 0.455. The van der Waals surface area contributed by atoms with Crippen molar-refractivity contribution in [2.45, 2.75) is 43.9 Å². The van der Waals surface area contributed by atoms with Crippen molar-refractivity contribution in [1.29, 1.82) is 0 Å². The molecule has 0 aromatic heterocycles. The van der Waals surface area contributed by atoms with E-state index in [1.165, 1.54) is 28.0 Å². The number of hydrogen-bond acceptors (Lipinski definition) is 4. The molecule has 0 aliphatic carbocycles. The van der Waals surface area contributed by atoms with Crippen molar-refractivity contribution >= 4 is 39.9 Å². The van der Waals surface area contributed by atoms with Crippen molar-refractivity contribution in [2.75, 3.05) is 45.2 Å². The Morgan fingerprint density at radius 3 is 2.12 bits per heavy atom. The summed E-state index contributed by atoms with van der Waals surface area (Å²) in [6.45, 7) is 2.07. The zero-order valence-corrected chi connectivity index (χ0v) is 25.2. The molecule has 10 heteroatoms. The number of piperidine rings is 2. The van der Waals surface area contributed by atoms with Crippen LogP contribution in [0.3, 0.4) is 0 Å². The fourth-order valence-electron chi connectivity index (χ4n) is 6.54. The summed E-state index contributed by atoms with van der Waals surface area (Å²) in [5.74, 6) is -0.654. The van der Waals surface area contributed by atoms with Crippen LogP contribution in [0.1, 0.15) is 48.0 Å². The van der Waals surface area contributed by atoms with Gasteiger partial charge in [-0.2, -0.15) is 13.2 Å². The summed E-state index contributed by atoms with van der Waals surface area (Å²) in [5, 5.41) is 12.3. The number of rotatable bonds is 6. The van der Waals surface area contributed by atoms with Crippen LogP contribution >= 0.6 is 11.6 Å². The summed E-state index contributed by atoms with van der Waals surface area (Å²) in [7, 11) is 3.38. The molecule has 0 radical (unpaired) electrons. The Labute approximate surface area is 255 Å². The first-order valence-electron chi connectivity index (χ1n) is 14.7. The van der Waals surface area contributed by atoms with Gasteiger partial charge in [0, 0.05) is 51.5 Å². The van der Waals surface area contributed by atoms with Crippen molar-refractivity contribution in [2.24, 2.45) is 11.8 Å². The van der Waals surface area contributed by atoms with E-state index in [1.807, 2.05) is 12.1 Å². The van der Waals surface area contributed by atoms with Crippen LogP contribution in [0, 0.1) is 11.8 Å². The van der Waals surface area contributed by atoms with E-state index in [0.717, 1.165) is 38.0 Å². The number of nitrogens with zero attached hydrogens (tertiary/aromatic N) is 3. The topological polar surface area (TPSA) is 64.1 Å². The molecule has 2 aliphatic heterocycles. The van der Waals surface area contributed by atoms with Gasteiger partial charge in [-0.25, -0.2) is 0 Å². The quantitative estimate of drug-likeness (QED) is 0.344. The molecule has 1 unspecified atom stereocenters. The second-order valence-electron chi connectivity index (χ2n) is 12.0.